The van der Waals surface area contributed by atoms with Crippen LogP contribution in [0.5, 0.6) is 0 Å². The smallest absolute Gasteiger partial charge is 0.480 e. The number of hydrogen-bond donors (Lipinski definition) is 6. The summed E-state index contributed by atoms with van der Waals surface area (Å²) in [4.78, 5) is 24.6. The molecule has 0 aromatic carbocycles. The molecule has 0 aromatic rings. The van der Waals surface area contributed by atoms with E-state index in [-0.39, 0.29) is 0 Å². The van der Waals surface area contributed by atoms with Crippen LogP contribution in [-0.2, 0) is 9.36 Å². The third-order valence-electron chi connectivity index (χ3n) is 1.56. The van der Waals surface area contributed by atoms with E-state index in [1.54, 1.807) is 11.8 Å². The molecule has 106 valence electrons. The number of nitrogens with one attached hydrogen (secondary N) is 2. The molecule has 7 N–H and O–H groups in total. The van der Waals surface area contributed by atoms with Crippen molar-refractivity contribution in [2.24, 2.45) is 5.73 Å². The van der Waals surface area contributed by atoms with E-state index in [1.165, 1.54) is 6.21 Å². The minimum atomic E-state index is -2.87. The fourth-order valence-electron chi connectivity index (χ4n) is 0.754. The van der Waals surface area contributed by atoms with E-state index in [0.29, 0.717) is 13.0 Å². The molecule has 0 rings (SSSR count). The van der Waals surface area contributed by atoms with Crippen molar-refractivity contribution >= 4 is 32.2 Å². The predicted octanol–water partition coefficient (Wildman–Crippen LogP) is -0.611. The zero-order valence-corrected chi connectivity index (χ0v) is 11.5. The average molecular weight is 300 g/mol. The first-order chi connectivity index (χ1) is 8.41. The second-order valence-electron chi connectivity index (χ2n) is 3.01. The number of thioether (sulfide) groups is 1. The van der Waals surface area contributed by atoms with Crippen LogP contribution in [0.1, 0.15) is 6.42 Å². The topological polar surface area (TPSA) is 157 Å². The molecular formula is C8H19N3O5PS+. The number of carboxylic acids is 1. The zero-order valence-electron chi connectivity index (χ0n) is 9.78. The summed E-state index contributed by atoms with van der Waals surface area (Å²) in [6.45, 7) is 1.43. The van der Waals surface area contributed by atoms with Gasteiger partial charge in [0, 0.05) is 29.6 Å². The Labute approximate surface area is 110 Å². The Balaban J connectivity index is 0. The van der Waals surface area contributed by atoms with Gasteiger partial charge in [0.25, 0.3) is 0 Å². The Bertz CT molecular complexity index is 253. The zero-order chi connectivity index (χ0) is 14.4. The summed E-state index contributed by atoms with van der Waals surface area (Å²) < 4.78 is 8.70. The molecule has 10 heteroatoms. The van der Waals surface area contributed by atoms with E-state index in [4.69, 9.17) is 30.6 Å². The van der Waals surface area contributed by atoms with Crippen molar-refractivity contribution in [3.05, 3.63) is 0 Å². The molecule has 0 aliphatic rings. The molecule has 1 atom stereocenters. The van der Waals surface area contributed by atoms with Crippen LogP contribution in [0, 0.1) is 5.41 Å². The molecule has 0 amide bonds. The summed E-state index contributed by atoms with van der Waals surface area (Å²) in [5.41, 5.74) is 5.32. The first-order valence-electron chi connectivity index (χ1n) is 5.02. The predicted molar refractivity (Wildman–Crippen MR) is 71.3 cm³/mol. The summed E-state index contributed by atoms with van der Waals surface area (Å²) >= 11 is 1.67. The first-order valence-corrected chi connectivity index (χ1v) is 7.34. The van der Waals surface area contributed by atoms with Crippen molar-refractivity contribution in [1.82, 2.24) is 5.32 Å². The van der Waals surface area contributed by atoms with Crippen molar-refractivity contribution in [3.8, 4) is 0 Å². The number of carbonyl (C=O) groups is 1. The van der Waals surface area contributed by atoms with Gasteiger partial charge < -0.3 is 21.6 Å². The fourth-order valence-corrected chi connectivity index (χ4v) is 1.67. The van der Waals surface area contributed by atoms with Crippen LogP contribution in [0.4, 0.5) is 0 Å². The Morgan fingerprint density at radius 1 is 1.50 bits per heavy atom. The number of nitrogens with two attached hydrogens (primary N) is 1. The molecule has 0 heterocycles. The largest absolute Gasteiger partial charge is 0.692 e. The highest BCUT2D eigenvalue weighted by Gasteiger charge is 2.09. The fraction of sp³-hybridized carbons (Fsp3) is 0.750. The Morgan fingerprint density at radius 2 is 2.06 bits per heavy atom. The third kappa shape index (κ3) is 20.8. The van der Waals surface area contributed by atoms with Crippen molar-refractivity contribution in [1.29, 1.82) is 5.41 Å². The minimum absolute atomic E-state index is 0.505. The van der Waals surface area contributed by atoms with Gasteiger partial charge in [0.05, 0.1) is 0 Å². The maximum absolute atomic E-state index is 10.3. The van der Waals surface area contributed by atoms with Crippen LogP contribution in [-0.4, -0.2) is 57.7 Å². The van der Waals surface area contributed by atoms with E-state index < -0.39 is 20.3 Å². The van der Waals surface area contributed by atoms with E-state index in [9.17, 15) is 4.79 Å². The van der Waals surface area contributed by atoms with Gasteiger partial charge >= 0.3 is 14.2 Å². The Hall–Kier alpha value is -0.570. The van der Waals surface area contributed by atoms with Crippen LogP contribution in [0.3, 0.4) is 0 Å². The molecule has 8 nitrogen and oxygen atoms in total. The van der Waals surface area contributed by atoms with E-state index in [0.717, 1.165) is 18.1 Å². The molecule has 0 aliphatic heterocycles. The summed E-state index contributed by atoms with van der Waals surface area (Å²) in [5.74, 6) is 0.743. The highest BCUT2D eigenvalue weighted by molar-refractivity contribution is 7.99. The maximum Gasteiger partial charge on any atom is 0.692 e. The molecular weight excluding hydrogens is 281 g/mol. The minimum Gasteiger partial charge on any atom is -0.480 e. The van der Waals surface area contributed by atoms with Gasteiger partial charge in [-0.05, 0) is 12.2 Å². The molecule has 0 saturated carbocycles. The second-order valence-corrected chi connectivity index (χ2v) is 4.74. The lowest BCUT2D eigenvalue weighted by Crippen LogP contribution is -2.30. The van der Waals surface area contributed by atoms with Crippen LogP contribution in [0.15, 0.2) is 0 Å². The van der Waals surface area contributed by atoms with E-state index in [2.05, 4.69) is 5.32 Å². The summed E-state index contributed by atoms with van der Waals surface area (Å²) in [5, 5.41) is 18.3. The van der Waals surface area contributed by atoms with Gasteiger partial charge in [0.2, 0.25) is 0 Å². The lowest BCUT2D eigenvalue weighted by Gasteiger charge is -2.05. The highest BCUT2D eigenvalue weighted by Crippen LogP contribution is 2.02. The van der Waals surface area contributed by atoms with E-state index >= 15 is 0 Å². The SMILES string of the molecule is N=CCNCCSCCC(N)C(=O)O.O=[P+](O)O. The molecule has 18 heavy (non-hydrogen) atoms. The number of rotatable bonds is 9. The van der Waals surface area contributed by atoms with Gasteiger partial charge in [-0.15, -0.1) is 9.79 Å². The van der Waals surface area contributed by atoms with Crippen LogP contribution < -0.4 is 11.1 Å². The molecule has 0 aliphatic carbocycles. The van der Waals surface area contributed by atoms with Gasteiger partial charge in [0.1, 0.15) is 6.04 Å². The molecule has 0 bridgehead atoms. The van der Waals surface area contributed by atoms with Crippen LogP contribution in [0.2, 0.25) is 0 Å². The first kappa shape index (κ1) is 19.8. The molecule has 1 unspecified atom stereocenters. The summed E-state index contributed by atoms with van der Waals surface area (Å²) in [6.07, 6.45) is 1.82. The number of hydrogen-bond acceptors (Lipinski definition) is 6. The van der Waals surface area contributed by atoms with Gasteiger partial charge in [-0.25, -0.2) is 0 Å². The normalized spacial score (nSPS) is 11.1. The Morgan fingerprint density at radius 3 is 2.50 bits per heavy atom. The van der Waals surface area contributed by atoms with E-state index in [1.807, 2.05) is 0 Å². The van der Waals surface area contributed by atoms with Crippen molar-refractivity contribution < 1.29 is 24.3 Å². The van der Waals surface area contributed by atoms with Crippen molar-refractivity contribution in [2.75, 3.05) is 24.6 Å². The highest BCUT2D eigenvalue weighted by atomic mass is 32.2. The molecule has 0 radical (unpaired) electrons. The van der Waals surface area contributed by atoms with Gasteiger partial charge in [-0.2, -0.15) is 11.8 Å². The van der Waals surface area contributed by atoms with Crippen LogP contribution in [0.25, 0.3) is 0 Å². The van der Waals surface area contributed by atoms with Gasteiger partial charge in [0.15, 0.2) is 0 Å². The lowest BCUT2D eigenvalue weighted by molar-refractivity contribution is -0.138. The number of aliphatic carboxylic acids is 1. The number of carboxylic acid groups (broad SMARTS) is 1. The third-order valence-corrected chi connectivity index (χ3v) is 2.58. The molecule has 0 saturated heterocycles. The van der Waals surface area contributed by atoms with Gasteiger partial charge in [-0.3, -0.25) is 4.79 Å². The molecule has 0 spiro atoms. The molecule has 0 aromatic heterocycles. The summed E-state index contributed by atoms with van der Waals surface area (Å²) in [7, 11) is -2.87. The lowest BCUT2D eigenvalue weighted by atomic mass is 10.2. The summed E-state index contributed by atoms with van der Waals surface area (Å²) in [6, 6.07) is -0.739. The maximum atomic E-state index is 10.3. The standard InChI is InChI=1S/C8H17N3O2S.HO3P/c9-2-3-11-4-6-14-5-1-7(10)8(12)13;1-4(2)3/h2,7,9,11H,1,3-6,10H2,(H,12,13);(H-,1,2,3)/p+1. The van der Waals surface area contributed by atoms with Crippen LogP contribution >= 0.6 is 20.0 Å². The monoisotopic (exact) mass is 300 g/mol. The second kappa shape index (κ2) is 14.5. The van der Waals surface area contributed by atoms with Crippen molar-refractivity contribution in [3.63, 3.8) is 0 Å². The molecule has 0 fully saturated rings. The quantitative estimate of drug-likeness (QED) is 0.187. The Kier molecular flexibility index (Phi) is 15.9. The van der Waals surface area contributed by atoms with Crippen molar-refractivity contribution in [2.45, 2.75) is 12.5 Å². The van der Waals surface area contributed by atoms with Gasteiger partial charge in [-0.1, -0.05) is 0 Å². The average Bonchev–Trinajstić information content (AvgIpc) is 2.26.